The molecule has 1 atom stereocenters. The number of carbonyl (C=O) groups excluding carboxylic acids is 1. The van der Waals surface area contributed by atoms with Gasteiger partial charge in [-0.1, -0.05) is 34.1 Å². The molecule has 1 aliphatic rings. The highest BCUT2D eigenvalue weighted by Gasteiger charge is 2.44. The maximum absolute atomic E-state index is 13.6. The number of benzene rings is 2. The largest absolute Gasteiger partial charge is 0.450 e. The molecule has 4 aromatic rings. The first kappa shape index (κ1) is 20.1. The van der Waals surface area contributed by atoms with Crippen molar-refractivity contribution >= 4 is 44.3 Å². The Balaban J connectivity index is 1.83. The Morgan fingerprint density at radius 3 is 2.62 bits per heavy atom. The fourth-order valence-corrected chi connectivity index (χ4v) is 4.33. The van der Waals surface area contributed by atoms with E-state index in [9.17, 15) is 19.7 Å². The molecule has 0 fully saturated rings. The number of pyridine rings is 1. The molecule has 0 radical (unpaired) electrons. The topological polar surface area (TPSA) is 107 Å². The van der Waals surface area contributed by atoms with Crippen LogP contribution in [0, 0.1) is 17.0 Å². The smallest absolute Gasteiger partial charge is 0.296 e. The number of hydrogen-bond donors (Lipinski definition) is 0. The zero-order valence-electron chi connectivity index (χ0n) is 16.6. The van der Waals surface area contributed by atoms with Gasteiger partial charge in [-0.3, -0.25) is 24.6 Å². The van der Waals surface area contributed by atoms with E-state index in [1.165, 1.54) is 23.1 Å². The SMILES string of the molecule is Cc1cccc(N2C(=O)c3oc4ccc(Br)cc4c(=O)c3C2c2cccc([N+](=O)[O-])c2)n1. The molecule has 1 aliphatic heterocycles. The second-order valence-electron chi connectivity index (χ2n) is 7.38. The van der Waals surface area contributed by atoms with Crippen LogP contribution in [0.15, 0.2) is 74.3 Å². The lowest BCUT2D eigenvalue weighted by Gasteiger charge is -2.24. The summed E-state index contributed by atoms with van der Waals surface area (Å²) in [5, 5.41) is 11.7. The number of amides is 1. The van der Waals surface area contributed by atoms with Crippen molar-refractivity contribution in [1.29, 1.82) is 0 Å². The summed E-state index contributed by atoms with van der Waals surface area (Å²) in [4.78, 5) is 43.7. The predicted octanol–water partition coefficient (Wildman–Crippen LogP) is 4.92. The fraction of sp³-hybridized carbons (Fsp3) is 0.0870. The first-order chi connectivity index (χ1) is 15.3. The third-order valence-electron chi connectivity index (χ3n) is 5.35. The Morgan fingerprint density at radius 2 is 1.88 bits per heavy atom. The quantitative estimate of drug-likeness (QED) is 0.297. The molecule has 8 nitrogen and oxygen atoms in total. The number of nitro groups is 1. The Bertz CT molecular complexity index is 1500. The molecular weight excluding hydrogens is 478 g/mol. The number of fused-ring (bicyclic) bond motifs is 2. The van der Waals surface area contributed by atoms with Gasteiger partial charge in [0.25, 0.3) is 11.6 Å². The third-order valence-corrected chi connectivity index (χ3v) is 5.84. The molecular formula is C23H14BrN3O5. The highest BCUT2D eigenvalue weighted by molar-refractivity contribution is 9.10. The maximum Gasteiger partial charge on any atom is 0.296 e. The van der Waals surface area contributed by atoms with Crippen LogP contribution < -0.4 is 10.3 Å². The van der Waals surface area contributed by atoms with Crippen molar-refractivity contribution < 1.29 is 14.1 Å². The monoisotopic (exact) mass is 491 g/mol. The zero-order valence-corrected chi connectivity index (χ0v) is 18.2. The van der Waals surface area contributed by atoms with Crippen LogP contribution in [-0.4, -0.2) is 15.8 Å². The summed E-state index contributed by atoms with van der Waals surface area (Å²) < 4.78 is 6.58. The predicted molar refractivity (Wildman–Crippen MR) is 121 cm³/mol. The van der Waals surface area contributed by atoms with E-state index in [1.807, 2.05) is 0 Å². The number of halogens is 1. The van der Waals surface area contributed by atoms with Gasteiger partial charge in [0.2, 0.25) is 5.76 Å². The van der Waals surface area contributed by atoms with Crippen molar-refractivity contribution in [1.82, 2.24) is 4.98 Å². The fourth-order valence-electron chi connectivity index (χ4n) is 3.97. The van der Waals surface area contributed by atoms with Gasteiger partial charge in [-0.25, -0.2) is 4.98 Å². The Morgan fingerprint density at radius 1 is 1.09 bits per heavy atom. The van der Waals surface area contributed by atoms with E-state index in [4.69, 9.17) is 4.42 Å². The number of carbonyl (C=O) groups is 1. The number of nitro benzene ring substituents is 1. The van der Waals surface area contributed by atoms with Gasteiger partial charge >= 0.3 is 0 Å². The first-order valence-corrected chi connectivity index (χ1v) is 10.4. The zero-order chi connectivity index (χ0) is 22.6. The van der Waals surface area contributed by atoms with Gasteiger partial charge in [0.05, 0.1) is 21.9 Å². The Labute approximate surface area is 189 Å². The number of anilines is 1. The molecule has 158 valence electrons. The third kappa shape index (κ3) is 3.09. The minimum absolute atomic E-state index is 0.0929. The van der Waals surface area contributed by atoms with Gasteiger partial charge in [0.1, 0.15) is 11.4 Å². The number of rotatable bonds is 3. The Hall–Kier alpha value is -3.85. The summed E-state index contributed by atoms with van der Waals surface area (Å²) in [5.41, 5.74) is 0.983. The molecule has 5 rings (SSSR count). The van der Waals surface area contributed by atoms with E-state index in [0.717, 1.165) is 0 Å². The van der Waals surface area contributed by atoms with E-state index >= 15 is 0 Å². The standard InChI is InChI=1S/C23H14BrN3O5/c1-12-4-2-7-18(25-12)26-20(13-5-3-6-15(10-13)27(30)31)19-21(28)16-11-14(24)8-9-17(16)32-22(19)23(26)29/h2-11,20H,1H3. The maximum atomic E-state index is 13.6. The van der Waals surface area contributed by atoms with Gasteiger partial charge in [0, 0.05) is 22.3 Å². The minimum atomic E-state index is -0.925. The van der Waals surface area contributed by atoms with Gasteiger partial charge in [-0.05, 0) is 42.8 Å². The second-order valence-corrected chi connectivity index (χ2v) is 8.30. The van der Waals surface area contributed by atoms with Crippen molar-refractivity contribution in [2.24, 2.45) is 0 Å². The Kier molecular flexibility index (Phi) is 4.63. The molecule has 3 heterocycles. The van der Waals surface area contributed by atoms with E-state index < -0.39 is 16.9 Å². The number of aromatic nitrogens is 1. The van der Waals surface area contributed by atoms with Gasteiger partial charge in [-0.15, -0.1) is 0 Å². The summed E-state index contributed by atoms with van der Waals surface area (Å²) >= 11 is 3.36. The van der Waals surface area contributed by atoms with E-state index in [1.54, 1.807) is 49.4 Å². The molecule has 2 aromatic heterocycles. The molecule has 0 N–H and O–H groups in total. The number of aryl methyl sites for hydroxylation is 1. The van der Waals surface area contributed by atoms with Crippen LogP contribution in [0.1, 0.15) is 33.4 Å². The summed E-state index contributed by atoms with van der Waals surface area (Å²) in [6.45, 7) is 1.79. The molecule has 0 aliphatic carbocycles. The summed E-state index contributed by atoms with van der Waals surface area (Å²) in [6, 6.07) is 15.1. The summed E-state index contributed by atoms with van der Waals surface area (Å²) in [6.07, 6.45) is 0. The van der Waals surface area contributed by atoms with Crippen molar-refractivity contribution in [3.63, 3.8) is 0 Å². The molecule has 0 bridgehead atoms. The van der Waals surface area contributed by atoms with Crippen molar-refractivity contribution in [2.45, 2.75) is 13.0 Å². The molecule has 32 heavy (non-hydrogen) atoms. The molecule has 0 saturated carbocycles. The highest BCUT2D eigenvalue weighted by atomic mass is 79.9. The van der Waals surface area contributed by atoms with Crippen LogP contribution in [0.5, 0.6) is 0 Å². The van der Waals surface area contributed by atoms with Crippen molar-refractivity contribution in [2.75, 3.05) is 4.90 Å². The minimum Gasteiger partial charge on any atom is -0.450 e. The van der Waals surface area contributed by atoms with Crippen LogP contribution in [0.3, 0.4) is 0 Å². The lowest BCUT2D eigenvalue weighted by atomic mass is 9.98. The van der Waals surface area contributed by atoms with E-state index in [-0.39, 0.29) is 28.0 Å². The van der Waals surface area contributed by atoms with Crippen molar-refractivity contribution in [3.8, 4) is 0 Å². The molecule has 9 heteroatoms. The van der Waals surface area contributed by atoms with Gasteiger partial charge in [-0.2, -0.15) is 0 Å². The highest BCUT2D eigenvalue weighted by Crippen LogP contribution is 2.41. The number of nitrogens with zero attached hydrogens (tertiary/aromatic N) is 3. The number of hydrogen-bond acceptors (Lipinski definition) is 6. The van der Waals surface area contributed by atoms with Gasteiger partial charge in [0.15, 0.2) is 5.43 Å². The van der Waals surface area contributed by atoms with Crippen LogP contribution in [0.25, 0.3) is 11.0 Å². The number of non-ortho nitro benzene ring substituents is 1. The summed E-state index contributed by atoms with van der Waals surface area (Å²) in [7, 11) is 0. The lowest BCUT2D eigenvalue weighted by Crippen LogP contribution is -2.30. The molecule has 0 saturated heterocycles. The normalized spacial score (nSPS) is 15.2. The molecule has 0 spiro atoms. The van der Waals surface area contributed by atoms with Crippen LogP contribution in [-0.2, 0) is 0 Å². The van der Waals surface area contributed by atoms with Gasteiger partial charge < -0.3 is 4.42 Å². The van der Waals surface area contributed by atoms with Crippen LogP contribution >= 0.6 is 15.9 Å². The average Bonchev–Trinajstić information content (AvgIpc) is 3.07. The van der Waals surface area contributed by atoms with Crippen LogP contribution in [0.2, 0.25) is 0 Å². The van der Waals surface area contributed by atoms with Crippen LogP contribution in [0.4, 0.5) is 11.5 Å². The molecule has 1 amide bonds. The van der Waals surface area contributed by atoms with E-state index in [0.29, 0.717) is 26.9 Å². The first-order valence-electron chi connectivity index (χ1n) is 9.63. The average molecular weight is 492 g/mol. The molecule has 1 unspecified atom stereocenters. The van der Waals surface area contributed by atoms with Crippen molar-refractivity contribution in [3.05, 3.63) is 108 Å². The lowest BCUT2D eigenvalue weighted by molar-refractivity contribution is -0.384. The second kappa shape index (κ2) is 7.38. The summed E-state index contributed by atoms with van der Waals surface area (Å²) in [5.74, 6) is -0.302. The molecule has 2 aromatic carbocycles. The van der Waals surface area contributed by atoms with E-state index in [2.05, 4.69) is 20.9 Å².